The molecule has 0 heterocycles. The van der Waals surface area contributed by atoms with Crippen LogP contribution >= 0.6 is 0 Å². The molecule has 0 aliphatic heterocycles. The molecule has 1 N–H and O–H groups in total. The number of nitrogens with one attached hydrogen (secondary N) is 1. The Kier molecular flexibility index (Phi) is 5.21. The molecule has 0 aliphatic rings. The molecule has 0 aromatic heterocycles. The van der Waals surface area contributed by atoms with E-state index in [4.69, 9.17) is 0 Å². The van der Waals surface area contributed by atoms with Crippen LogP contribution in [0.1, 0.15) is 22.3 Å². The Bertz CT molecular complexity index is 627. The van der Waals surface area contributed by atoms with Crippen LogP contribution in [-0.2, 0) is 11.3 Å². The van der Waals surface area contributed by atoms with Crippen LogP contribution in [0, 0.1) is 20.8 Å². The summed E-state index contributed by atoms with van der Waals surface area (Å²) in [5.41, 5.74) is 5.80. The number of hydrogen-bond donors (Lipinski definition) is 1. The molecule has 0 radical (unpaired) electrons. The standard InChI is InChI=1S/C19H24N2O/c1-14-10-15(2)19(16(3)11-14)20-12-18(22)21(4)13-17-8-6-5-7-9-17/h5-11,20H,12-13H2,1-4H3. The second kappa shape index (κ2) is 7.12. The molecule has 0 saturated carbocycles. The van der Waals surface area contributed by atoms with Crippen LogP contribution in [0.2, 0.25) is 0 Å². The maximum Gasteiger partial charge on any atom is 0.241 e. The van der Waals surface area contributed by atoms with Crippen LogP contribution < -0.4 is 5.32 Å². The summed E-state index contributed by atoms with van der Waals surface area (Å²) in [6.07, 6.45) is 0. The summed E-state index contributed by atoms with van der Waals surface area (Å²) in [5.74, 6) is 0.0863. The van der Waals surface area contributed by atoms with Gasteiger partial charge in [-0.1, -0.05) is 48.0 Å². The number of benzene rings is 2. The van der Waals surface area contributed by atoms with Crippen molar-refractivity contribution in [2.45, 2.75) is 27.3 Å². The van der Waals surface area contributed by atoms with Crippen molar-refractivity contribution in [1.82, 2.24) is 4.90 Å². The second-order valence-corrected chi connectivity index (χ2v) is 5.86. The van der Waals surface area contributed by atoms with Gasteiger partial charge in [0.05, 0.1) is 6.54 Å². The van der Waals surface area contributed by atoms with E-state index in [1.165, 1.54) is 16.7 Å². The van der Waals surface area contributed by atoms with Gasteiger partial charge in [0, 0.05) is 19.3 Å². The fraction of sp³-hybridized carbons (Fsp3) is 0.316. The van der Waals surface area contributed by atoms with Gasteiger partial charge in [0.15, 0.2) is 0 Å². The number of anilines is 1. The third-order valence-corrected chi connectivity index (χ3v) is 3.78. The first-order valence-corrected chi connectivity index (χ1v) is 7.57. The molecule has 0 bridgehead atoms. The van der Waals surface area contributed by atoms with Gasteiger partial charge in [0.2, 0.25) is 5.91 Å². The summed E-state index contributed by atoms with van der Waals surface area (Å²) in [6.45, 7) is 7.17. The Hall–Kier alpha value is -2.29. The number of aryl methyl sites for hydroxylation is 3. The maximum atomic E-state index is 12.3. The molecule has 0 unspecified atom stereocenters. The van der Waals surface area contributed by atoms with E-state index in [1.54, 1.807) is 4.90 Å². The van der Waals surface area contributed by atoms with Gasteiger partial charge in [-0.05, 0) is 37.5 Å². The van der Waals surface area contributed by atoms with Crippen LogP contribution in [0.5, 0.6) is 0 Å². The minimum absolute atomic E-state index is 0.0863. The fourth-order valence-corrected chi connectivity index (χ4v) is 2.70. The molecule has 0 atom stereocenters. The first-order valence-electron chi connectivity index (χ1n) is 7.57. The van der Waals surface area contributed by atoms with E-state index >= 15 is 0 Å². The lowest BCUT2D eigenvalue weighted by Gasteiger charge is -2.19. The van der Waals surface area contributed by atoms with Crippen LogP contribution in [0.4, 0.5) is 5.69 Å². The highest BCUT2D eigenvalue weighted by molar-refractivity contribution is 5.81. The van der Waals surface area contributed by atoms with E-state index < -0.39 is 0 Å². The fourth-order valence-electron chi connectivity index (χ4n) is 2.70. The predicted octanol–water partition coefficient (Wildman–Crippen LogP) is 3.68. The molecule has 0 saturated heterocycles. The molecule has 3 nitrogen and oxygen atoms in total. The van der Waals surface area contributed by atoms with E-state index in [0.29, 0.717) is 13.1 Å². The molecule has 2 rings (SSSR count). The molecule has 116 valence electrons. The van der Waals surface area contributed by atoms with Gasteiger partial charge < -0.3 is 10.2 Å². The molecule has 1 amide bonds. The molecule has 3 heteroatoms. The Morgan fingerprint density at radius 3 is 2.23 bits per heavy atom. The zero-order valence-electron chi connectivity index (χ0n) is 13.8. The third-order valence-electron chi connectivity index (χ3n) is 3.78. The SMILES string of the molecule is Cc1cc(C)c(NCC(=O)N(C)Cc2ccccc2)c(C)c1. The van der Waals surface area contributed by atoms with E-state index in [1.807, 2.05) is 37.4 Å². The van der Waals surface area contributed by atoms with Crippen molar-refractivity contribution < 1.29 is 4.79 Å². The van der Waals surface area contributed by atoms with Crippen LogP contribution in [0.15, 0.2) is 42.5 Å². The summed E-state index contributed by atoms with van der Waals surface area (Å²) in [4.78, 5) is 14.0. The third kappa shape index (κ3) is 4.10. The average molecular weight is 296 g/mol. The van der Waals surface area contributed by atoms with Gasteiger partial charge in [-0.3, -0.25) is 4.79 Å². The van der Waals surface area contributed by atoms with Gasteiger partial charge in [-0.2, -0.15) is 0 Å². The second-order valence-electron chi connectivity index (χ2n) is 5.86. The molecule has 2 aromatic carbocycles. The number of carbonyl (C=O) groups excluding carboxylic acids is 1. The van der Waals surface area contributed by atoms with Gasteiger partial charge in [0.25, 0.3) is 0 Å². The first-order chi connectivity index (χ1) is 10.5. The molecule has 0 aliphatic carbocycles. The van der Waals surface area contributed by atoms with E-state index in [0.717, 1.165) is 11.3 Å². The van der Waals surface area contributed by atoms with Gasteiger partial charge in [0.1, 0.15) is 0 Å². The van der Waals surface area contributed by atoms with Gasteiger partial charge in [-0.25, -0.2) is 0 Å². The molecule has 0 fully saturated rings. The Morgan fingerprint density at radius 1 is 1.05 bits per heavy atom. The minimum atomic E-state index is 0.0863. The van der Waals surface area contributed by atoms with Crippen molar-refractivity contribution in [3.63, 3.8) is 0 Å². The highest BCUT2D eigenvalue weighted by Gasteiger charge is 2.10. The van der Waals surface area contributed by atoms with Crippen molar-refractivity contribution >= 4 is 11.6 Å². The van der Waals surface area contributed by atoms with E-state index in [9.17, 15) is 4.79 Å². The quantitative estimate of drug-likeness (QED) is 0.913. The zero-order valence-corrected chi connectivity index (χ0v) is 13.8. The Labute approximate surface area is 133 Å². The van der Waals surface area contributed by atoms with Crippen molar-refractivity contribution in [2.75, 3.05) is 18.9 Å². The van der Waals surface area contributed by atoms with E-state index in [2.05, 4.69) is 38.2 Å². The topological polar surface area (TPSA) is 32.3 Å². The van der Waals surface area contributed by atoms with Gasteiger partial charge >= 0.3 is 0 Å². The normalized spacial score (nSPS) is 10.4. The number of rotatable bonds is 5. The van der Waals surface area contributed by atoms with E-state index in [-0.39, 0.29) is 5.91 Å². The monoisotopic (exact) mass is 296 g/mol. The highest BCUT2D eigenvalue weighted by Crippen LogP contribution is 2.21. The highest BCUT2D eigenvalue weighted by atomic mass is 16.2. The molecule has 22 heavy (non-hydrogen) atoms. The smallest absolute Gasteiger partial charge is 0.241 e. The van der Waals surface area contributed by atoms with Crippen molar-refractivity contribution in [1.29, 1.82) is 0 Å². The lowest BCUT2D eigenvalue weighted by Crippen LogP contribution is -2.32. The minimum Gasteiger partial charge on any atom is -0.376 e. The molecule has 0 spiro atoms. The number of nitrogens with zero attached hydrogens (tertiary/aromatic N) is 1. The lowest BCUT2D eigenvalue weighted by molar-refractivity contribution is -0.128. The summed E-state index contributed by atoms with van der Waals surface area (Å²) in [5, 5.41) is 3.28. The molecule has 2 aromatic rings. The Morgan fingerprint density at radius 2 is 1.64 bits per heavy atom. The average Bonchev–Trinajstić information content (AvgIpc) is 2.46. The largest absolute Gasteiger partial charge is 0.376 e. The summed E-state index contributed by atoms with van der Waals surface area (Å²) in [6, 6.07) is 14.3. The number of amides is 1. The van der Waals surface area contributed by atoms with Gasteiger partial charge in [-0.15, -0.1) is 0 Å². The summed E-state index contributed by atoms with van der Waals surface area (Å²) in [7, 11) is 1.84. The van der Waals surface area contributed by atoms with Crippen molar-refractivity contribution in [3.05, 3.63) is 64.7 Å². The number of likely N-dealkylation sites (N-methyl/N-ethyl adjacent to an activating group) is 1. The first kappa shape index (κ1) is 16.1. The van der Waals surface area contributed by atoms with Crippen LogP contribution in [0.3, 0.4) is 0 Å². The number of carbonyl (C=O) groups is 1. The predicted molar refractivity (Wildman–Crippen MR) is 92.1 cm³/mol. The summed E-state index contributed by atoms with van der Waals surface area (Å²) >= 11 is 0. The van der Waals surface area contributed by atoms with Crippen molar-refractivity contribution in [2.24, 2.45) is 0 Å². The Balaban J connectivity index is 1.95. The summed E-state index contributed by atoms with van der Waals surface area (Å²) < 4.78 is 0. The van der Waals surface area contributed by atoms with Crippen LogP contribution in [0.25, 0.3) is 0 Å². The molecular weight excluding hydrogens is 272 g/mol. The number of hydrogen-bond acceptors (Lipinski definition) is 2. The maximum absolute atomic E-state index is 12.3. The van der Waals surface area contributed by atoms with Crippen LogP contribution in [-0.4, -0.2) is 24.4 Å². The zero-order chi connectivity index (χ0) is 16.1. The molecular formula is C19H24N2O. The lowest BCUT2D eigenvalue weighted by atomic mass is 10.1. The van der Waals surface area contributed by atoms with Crippen molar-refractivity contribution in [3.8, 4) is 0 Å².